The second kappa shape index (κ2) is 10.4. The third-order valence-corrected chi connectivity index (χ3v) is 5.18. The highest BCUT2D eigenvalue weighted by Gasteiger charge is 2.32. The van der Waals surface area contributed by atoms with Crippen molar-refractivity contribution in [2.75, 3.05) is 30.4 Å². The van der Waals surface area contributed by atoms with Crippen LogP contribution in [0.15, 0.2) is 61.2 Å². The Kier molecular flexibility index (Phi) is 7.09. The fraction of sp³-hybridized carbons (Fsp3) is 0.261. The predicted octanol–water partition coefficient (Wildman–Crippen LogP) is 4.25. The first-order valence-electron chi connectivity index (χ1n) is 10.7. The molecule has 4 heterocycles. The lowest BCUT2D eigenvalue weighted by atomic mass is 10.3. The average molecular weight is 485 g/mol. The van der Waals surface area contributed by atoms with Crippen molar-refractivity contribution >= 4 is 28.6 Å². The summed E-state index contributed by atoms with van der Waals surface area (Å²) >= 11 is 0. The van der Waals surface area contributed by atoms with E-state index in [1.54, 1.807) is 6.07 Å². The number of amides is 1. The topological polar surface area (TPSA) is 98.1 Å². The molecule has 182 valence electrons. The molecule has 1 N–H and O–H groups in total. The van der Waals surface area contributed by atoms with Crippen LogP contribution in [-0.4, -0.2) is 50.8 Å². The molecule has 1 fully saturated rings. The third-order valence-electron chi connectivity index (χ3n) is 5.18. The van der Waals surface area contributed by atoms with Gasteiger partial charge in [-0.3, -0.25) is 4.79 Å². The summed E-state index contributed by atoms with van der Waals surface area (Å²) in [6, 6.07) is 13.6. The van der Waals surface area contributed by atoms with Gasteiger partial charge in [0.2, 0.25) is 0 Å². The van der Waals surface area contributed by atoms with Crippen LogP contribution in [0.1, 0.15) is 23.2 Å². The first kappa shape index (κ1) is 23.9. The molecule has 0 unspecified atom stereocenters. The largest absolute Gasteiger partial charge is 0.504 e. The zero-order chi connectivity index (χ0) is 24.8. The summed E-state index contributed by atoms with van der Waals surface area (Å²) in [4.78, 5) is 27.5. The number of methoxy groups -OCH3 is 1. The summed E-state index contributed by atoms with van der Waals surface area (Å²) in [5.41, 5.74) is 0.730. The summed E-state index contributed by atoms with van der Waals surface area (Å²) in [5, 5.41) is 5.64. The van der Waals surface area contributed by atoms with Crippen LogP contribution in [0, 0.1) is 0 Å². The van der Waals surface area contributed by atoms with Crippen molar-refractivity contribution in [3.63, 3.8) is 0 Å². The van der Waals surface area contributed by atoms with Crippen molar-refractivity contribution in [1.29, 1.82) is 0 Å². The van der Waals surface area contributed by atoms with Crippen LogP contribution >= 0.6 is 0 Å². The number of carbonyl (C=O) groups excluding carboxylic acids is 1. The lowest BCUT2D eigenvalue weighted by molar-refractivity contribution is -0.212. The van der Waals surface area contributed by atoms with Gasteiger partial charge in [0.05, 0.1) is 24.4 Å². The van der Waals surface area contributed by atoms with Gasteiger partial charge in [-0.15, -0.1) is 13.2 Å². The van der Waals surface area contributed by atoms with E-state index in [1.165, 1.54) is 13.4 Å². The van der Waals surface area contributed by atoms with E-state index >= 15 is 0 Å². The van der Waals surface area contributed by atoms with Crippen molar-refractivity contribution in [1.82, 2.24) is 24.7 Å². The molecule has 1 aromatic carbocycles. The molecule has 1 saturated heterocycles. The minimum atomic E-state index is -4.71. The highest BCUT2D eigenvalue weighted by atomic mass is 19.4. The molecule has 9 nitrogen and oxygen atoms in total. The number of ether oxygens (including phenoxy) is 1. The lowest BCUT2D eigenvalue weighted by Gasteiger charge is -2.18. The van der Waals surface area contributed by atoms with Gasteiger partial charge in [-0.1, -0.05) is 36.4 Å². The Morgan fingerprint density at radius 1 is 1.06 bits per heavy atom. The molecule has 0 spiro atoms. The quantitative estimate of drug-likeness (QED) is 0.462. The molecule has 1 aliphatic heterocycles. The number of fused-ring (bicyclic) bond motifs is 1. The van der Waals surface area contributed by atoms with E-state index < -0.39 is 12.2 Å². The maximum atomic E-state index is 12.7. The highest BCUT2D eigenvalue weighted by molar-refractivity contribution is 6.05. The number of hydrogen-bond donors (Lipinski definition) is 1. The normalized spacial score (nSPS) is 13.3. The molecule has 0 aliphatic carbocycles. The minimum Gasteiger partial charge on any atom is -0.493 e. The first-order valence-corrected chi connectivity index (χ1v) is 10.7. The van der Waals surface area contributed by atoms with Crippen molar-refractivity contribution in [2.45, 2.75) is 19.1 Å². The number of alkyl halides is 3. The zero-order valence-corrected chi connectivity index (χ0v) is 18.7. The number of benzene rings is 1. The molecule has 0 bridgehead atoms. The van der Waals surface area contributed by atoms with Crippen LogP contribution in [-0.2, 0) is 6.30 Å². The van der Waals surface area contributed by atoms with Crippen molar-refractivity contribution in [3.05, 3.63) is 66.7 Å². The number of carbonyl (C=O) groups is 1. The number of pyridine rings is 1. The van der Waals surface area contributed by atoms with E-state index in [-0.39, 0.29) is 21.8 Å². The smallest absolute Gasteiger partial charge is 0.493 e. The Morgan fingerprint density at radius 2 is 1.71 bits per heavy atom. The molecule has 3 aromatic heterocycles. The van der Waals surface area contributed by atoms with Gasteiger partial charge in [0.15, 0.2) is 17.4 Å². The molecular weight excluding hydrogens is 463 g/mol. The SMILES string of the molecule is COc1cc2ncnc(N3CCCC3)c2nc1NC(=O)c1cnn(C(F)(F)F)c1.c1ccccc1. The van der Waals surface area contributed by atoms with Crippen LogP contribution in [0.2, 0.25) is 0 Å². The maximum absolute atomic E-state index is 12.7. The Bertz CT molecular complexity index is 1260. The van der Waals surface area contributed by atoms with Crippen LogP contribution < -0.4 is 15.0 Å². The molecule has 1 amide bonds. The molecule has 0 saturated carbocycles. The Labute approximate surface area is 198 Å². The summed E-state index contributed by atoms with van der Waals surface area (Å²) in [6.07, 6.45) is 0.222. The van der Waals surface area contributed by atoms with Gasteiger partial charge in [0, 0.05) is 25.4 Å². The standard InChI is InChI=1S/C17H16F3N7O2.C6H6/c1-29-12-6-11-13(15(22-9-21-11)26-4-2-3-5-26)24-14(12)25-16(28)10-7-23-27(8-10)17(18,19)20;1-2-4-6-5-3-1/h6-9H,2-5H2,1H3,(H,24,25,28);1-6H. The Balaban J connectivity index is 0.000000421. The molecular formula is C23H22F3N7O2. The van der Waals surface area contributed by atoms with Gasteiger partial charge in [-0.2, -0.15) is 9.78 Å². The molecule has 5 rings (SSSR count). The minimum absolute atomic E-state index is 0.0556. The summed E-state index contributed by atoms with van der Waals surface area (Å²) < 4.78 is 43.1. The molecule has 35 heavy (non-hydrogen) atoms. The molecule has 4 aromatic rings. The van der Waals surface area contributed by atoms with E-state index in [1.807, 2.05) is 36.4 Å². The van der Waals surface area contributed by atoms with Gasteiger partial charge in [-0.25, -0.2) is 15.0 Å². The second-order valence-corrected chi connectivity index (χ2v) is 7.55. The van der Waals surface area contributed by atoms with Crippen LogP contribution in [0.25, 0.3) is 11.0 Å². The molecule has 12 heteroatoms. The monoisotopic (exact) mass is 485 g/mol. The van der Waals surface area contributed by atoms with Crippen LogP contribution in [0.3, 0.4) is 0 Å². The fourth-order valence-electron chi connectivity index (χ4n) is 3.50. The maximum Gasteiger partial charge on any atom is 0.504 e. The summed E-state index contributed by atoms with van der Waals surface area (Å²) in [6.45, 7) is 1.66. The van der Waals surface area contributed by atoms with E-state index in [0.717, 1.165) is 32.1 Å². The first-order chi connectivity index (χ1) is 16.9. The average Bonchev–Trinajstić information content (AvgIpc) is 3.57. The van der Waals surface area contributed by atoms with Crippen LogP contribution in [0.5, 0.6) is 5.75 Å². The zero-order valence-electron chi connectivity index (χ0n) is 18.7. The van der Waals surface area contributed by atoms with Gasteiger partial charge in [0.25, 0.3) is 5.91 Å². The van der Waals surface area contributed by atoms with Gasteiger partial charge in [0.1, 0.15) is 11.8 Å². The summed E-state index contributed by atoms with van der Waals surface area (Å²) in [7, 11) is 1.39. The third kappa shape index (κ3) is 5.65. The van der Waals surface area contributed by atoms with Crippen molar-refractivity contribution in [3.8, 4) is 5.75 Å². The Hall–Kier alpha value is -4.22. The highest BCUT2D eigenvalue weighted by Crippen LogP contribution is 2.31. The number of halogens is 3. The number of aromatic nitrogens is 5. The van der Waals surface area contributed by atoms with E-state index in [2.05, 4.69) is 30.3 Å². The van der Waals surface area contributed by atoms with Gasteiger partial charge < -0.3 is 15.0 Å². The van der Waals surface area contributed by atoms with E-state index in [4.69, 9.17) is 4.74 Å². The number of rotatable bonds is 4. The van der Waals surface area contributed by atoms with Crippen molar-refractivity contribution < 1.29 is 22.7 Å². The molecule has 0 atom stereocenters. The summed E-state index contributed by atoms with van der Waals surface area (Å²) in [5.74, 6) is 0.112. The van der Waals surface area contributed by atoms with Gasteiger partial charge in [-0.05, 0) is 12.8 Å². The lowest BCUT2D eigenvalue weighted by Crippen LogP contribution is -2.20. The molecule has 1 aliphatic rings. The number of anilines is 2. The number of hydrogen-bond acceptors (Lipinski definition) is 7. The predicted molar refractivity (Wildman–Crippen MR) is 123 cm³/mol. The van der Waals surface area contributed by atoms with Gasteiger partial charge >= 0.3 is 6.30 Å². The van der Waals surface area contributed by atoms with E-state index in [9.17, 15) is 18.0 Å². The molecule has 0 radical (unpaired) electrons. The number of nitrogens with zero attached hydrogens (tertiary/aromatic N) is 6. The number of nitrogens with one attached hydrogen (secondary N) is 1. The van der Waals surface area contributed by atoms with Crippen LogP contribution in [0.4, 0.5) is 24.8 Å². The Morgan fingerprint density at radius 3 is 2.29 bits per heavy atom. The van der Waals surface area contributed by atoms with E-state index in [0.29, 0.717) is 23.0 Å². The second-order valence-electron chi connectivity index (χ2n) is 7.55. The van der Waals surface area contributed by atoms with Crippen molar-refractivity contribution in [2.24, 2.45) is 0 Å². The fourth-order valence-corrected chi connectivity index (χ4v) is 3.50.